The Balaban J connectivity index is 0.929. The molecular weight excluding hydrogens is 1100 g/mol. The highest BCUT2D eigenvalue weighted by Crippen LogP contribution is 2.46. The summed E-state index contributed by atoms with van der Waals surface area (Å²) in [5.74, 6) is 0. The Morgan fingerprint density at radius 2 is 0.533 bits per heavy atom. The average molecular weight is 1150 g/mol. The molecule has 0 N–H and O–H groups in total. The largest absolute Gasteiger partial charge is 0.319 e. The van der Waals surface area contributed by atoms with Gasteiger partial charge in [-0.25, -0.2) is 29.6 Å². The van der Waals surface area contributed by atoms with Gasteiger partial charge >= 0.3 is 0 Å². The van der Waals surface area contributed by atoms with Gasteiger partial charge in [-0.1, -0.05) is 188 Å². The number of fused-ring (bicyclic) bond motifs is 6. The van der Waals surface area contributed by atoms with E-state index in [1.165, 1.54) is 0 Å². The second-order valence-corrected chi connectivity index (χ2v) is 22.3. The van der Waals surface area contributed by atoms with Gasteiger partial charge in [0.2, 0.25) is 5.69 Å². The van der Waals surface area contributed by atoms with E-state index < -0.39 is 0 Å². The number of nitrogens with zero attached hydrogens (tertiary/aromatic N) is 8. The van der Waals surface area contributed by atoms with Crippen LogP contribution in [0.5, 0.6) is 0 Å². The summed E-state index contributed by atoms with van der Waals surface area (Å²) in [5, 5.41) is 4.00. The van der Waals surface area contributed by atoms with E-state index in [4.69, 9.17) is 26.5 Å². The first-order valence-electron chi connectivity index (χ1n) is 29.8. The summed E-state index contributed by atoms with van der Waals surface area (Å²) >= 11 is 0. The van der Waals surface area contributed by atoms with Gasteiger partial charge in [0.15, 0.2) is 5.69 Å². The van der Waals surface area contributed by atoms with Crippen LogP contribution in [0.25, 0.3) is 166 Å². The Hall–Kier alpha value is -12.6. The maximum atomic E-state index is 9.20. The third-order valence-electron chi connectivity index (χ3n) is 17.0. The van der Waals surface area contributed by atoms with E-state index in [1.807, 2.05) is 109 Å². The second-order valence-electron chi connectivity index (χ2n) is 22.3. The lowest BCUT2D eigenvalue weighted by Gasteiger charge is -2.19. The van der Waals surface area contributed by atoms with Gasteiger partial charge in [0.1, 0.15) is 0 Å². The molecule has 0 saturated carbocycles. The highest BCUT2D eigenvalue weighted by atomic mass is 15.0. The normalized spacial score (nSPS) is 11.3. The van der Waals surface area contributed by atoms with Crippen molar-refractivity contribution in [3.63, 3.8) is 0 Å². The first kappa shape index (κ1) is 52.9. The zero-order valence-corrected chi connectivity index (χ0v) is 48.4. The first-order chi connectivity index (χ1) is 44.5. The van der Waals surface area contributed by atoms with Crippen molar-refractivity contribution in [1.82, 2.24) is 29.1 Å². The van der Waals surface area contributed by atoms with Gasteiger partial charge in [-0.3, -0.25) is 0 Å². The molecule has 16 aromatic rings. The molecule has 0 bridgehead atoms. The predicted octanol–water partition coefficient (Wildman–Crippen LogP) is 21.6. The summed E-state index contributed by atoms with van der Waals surface area (Å²) in [4.78, 5) is 29.3. The summed E-state index contributed by atoms with van der Waals surface area (Å²) < 4.78 is 4.52. The summed E-state index contributed by atoms with van der Waals surface area (Å²) in [5.41, 5.74) is 22.8. The van der Waals surface area contributed by atoms with Crippen LogP contribution in [-0.4, -0.2) is 29.1 Å². The molecule has 0 atom stereocenters. The van der Waals surface area contributed by atoms with Crippen LogP contribution in [0, 0.1) is 13.1 Å². The quantitative estimate of drug-likeness (QED) is 0.121. The Morgan fingerprint density at radius 1 is 0.233 bits per heavy atom. The minimum atomic E-state index is 0.448. The number of hydrogen-bond donors (Lipinski definition) is 0. The van der Waals surface area contributed by atoms with E-state index in [0.29, 0.717) is 17.1 Å². The molecule has 8 nitrogen and oxygen atoms in total. The fourth-order valence-corrected chi connectivity index (χ4v) is 12.7. The number of aromatic nitrogens is 6. The van der Waals surface area contributed by atoms with Crippen molar-refractivity contribution in [1.29, 1.82) is 0 Å². The highest BCUT2D eigenvalue weighted by Gasteiger charge is 2.24. The van der Waals surface area contributed by atoms with Crippen LogP contribution < -0.4 is 0 Å². The summed E-state index contributed by atoms with van der Waals surface area (Å²) in [6.07, 6.45) is 0. The van der Waals surface area contributed by atoms with Crippen molar-refractivity contribution < 1.29 is 0 Å². The zero-order valence-electron chi connectivity index (χ0n) is 48.4. The molecule has 0 saturated heterocycles. The Labute approximate surface area is 519 Å². The molecule has 0 radical (unpaired) electrons. The lowest BCUT2D eigenvalue weighted by atomic mass is 10.00. The van der Waals surface area contributed by atoms with E-state index in [9.17, 15) is 6.57 Å². The summed E-state index contributed by atoms with van der Waals surface area (Å²) in [6, 6.07) is 104. The van der Waals surface area contributed by atoms with Crippen LogP contribution in [0.15, 0.2) is 303 Å². The summed E-state index contributed by atoms with van der Waals surface area (Å²) in [6.45, 7) is 17.4. The zero-order chi connectivity index (χ0) is 60.1. The molecule has 0 aliphatic heterocycles. The van der Waals surface area contributed by atoms with Gasteiger partial charge in [-0.05, 0) is 121 Å². The van der Waals surface area contributed by atoms with Crippen molar-refractivity contribution in [3.05, 3.63) is 326 Å². The highest BCUT2D eigenvalue weighted by molar-refractivity contribution is 6.14. The van der Waals surface area contributed by atoms with Crippen molar-refractivity contribution >= 4 is 55.0 Å². The van der Waals surface area contributed by atoms with Gasteiger partial charge < -0.3 is 9.13 Å². The molecular formula is C82H50N8. The predicted molar refractivity (Wildman–Crippen MR) is 368 cm³/mol. The van der Waals surface area contributed by atoms with E-state index >= 15 is 0 Å². The van der Waals surface area contributed by atoms with Crippen LogP contribution in [0.2, 0.25) is 0 Å². The molecule has 418 valence electrons. The van der Waals surface area contributed by atoms with Crippen molar-refractivity contribution in [2.75, 3.05) is 0 Å². The number of rotatable bonds is 11. The van der Waals surface area contributed by atoms with Crippen LogP contribution in [0.4, 0.5) is 11.4 Å². The monoisotopic (exact) mass is 1150 g/mol. The Morgan fingerprint density at radius 3 is 0.856 bits per heavy atom. The van der Waals surface area contributed by atoms with Crippen LogP contribution in [0.3, 0.4) is 0 Å². The van der Waals surface area contributed by atoms with Gasteiger partial charge in [-0.15, -0.1) is 0 Å². The SMILES string of the molecule is [C-]#[N+]c1cccc(-c2cc(-n3c4ccc(-c5cccc(-c6ccccc6)n5)cc4c4cc(-c5cccc(-c6ccccc6)n5)ccc43)c([N+]#[C-])cc2-n2c3ccc(-c4cccc(-c5ccccc5)n4)cc3c3cc(-c4cccc(-c5ccccc5)n4)ccc32)c1. The van der Waals surface area contributed by atoms with Gasteiger partial charge in [-0.2, -0.15) is 0 Å². The van der Waals surface area contributed by atoms with Crippen LogP contribution in [-0.2, 0) is 0 Å². The standard InChI is InChI=1S/C82H50N8/c1-83-62-29-15-28-57(46-62)63-51-82(90-79-44-40-60(74-36-18-32-70(87-74)55-24-11-5-12-25-55)49-66(79)67-50-61(41-45-80(67)90)75-37-19-33-71(88-75)56-26-13-6-14-27-56)76(84-2)52-81(63)89-77-42-38-58(72-34-16-30-68(85-72)53-20-7-3-8-21-53)47-64(77)65-48-59(39-43-78(65)89)73-35-17-31-69(86-73)54-22-9-4-10-23-54/h3-52H. The molecule has 0 amide bonds. The Kier molecular flexibility index (Phi) is 13.1. The molecule has 6 heterocycles. The fraction of sp³-hybridized carbons (Fsp3) is 0. The average Bonchev–Trinajstić information content (AvgIpc) is 1.58. The van der Waals surface area contributed by atoms with E-state index in [1.54, 1.807) is 0 Å². The molecule has 0 aliphatic rings. The number of benzene rings is 10. The minimum absolute atomic E-state index is 0.448. The molecule has 6 aromatic heterocycles. The van der Waals surface area contributed by atoms with E-state index in [2.05, 4.69) is 213 Å². The van der Waals surface area contributed by atoms with Crippen LogP contribution >= 0.6 is 0 Å². The molecule has 0 spiro atoms. The molecule has 10 aromatic carbocycles. The second kappa shape index (κ2) is 22.3. The van der Waals surface area contributed by atoms with E-state index in [-0.39, 0.29) is 0 Å². The molecule has 16 rings (SSSR count). The maximum Gasteiger partial charge on any atom is 0.212 e. The third kappa shape index (κ3) is 9.51. The van der Waals surface area contributed by atoms with Crippen molar-refractivity contribution in [2.45, 2.75) is 0 Å². The number of hydrogen-bond acceptors (Lipinski definition) is 4. The lowest BCUT2D eigenvalue weighted by molar-refractivity contribution is 1.15. The summed E-state index contributed by atoms with van der Waals surface area (Å²) in [7, 11) is 0. The lowest BCUT2D eigenvalue weighted by Crippen LogP contribution is -2.01. The molecule has 0 fully saturated rings. The Bertz CT molecular complexity index is 5280. The van der Waals surface area contributed by atoms with Crippen molar-refractivity contribution in [3.8, 4) is 113 Å². The molecule has 0 aliphatic carbocycles. The maximum absolute atomic E-state index is 9.20. The van der Waals surface area contributed by atoms with Gasteiger partial charge in [0.25, 0.3) is 0 Å². The smallest absolute Gasteiger partial charge is 0.212 e. The first-order valence-corrected chi connectivity index (χ1v) is 29.8. The van der Waals surface area contributed by atoms with E-state index in [0.717, 1.165) is 150 Å². The number of pyridine rings is 4. The van der Waals surface area contributed by atoms with Gasteiger partial charge in [0, 0.05) is 77.3 Å². The topological polar surface area (TPSA) is 70.1 Å². The van der Waals surface area contributed by atoms with Crippen LogP contribution in [0.1, 0.15) is 0 Å². The third-order valence-corrected chi connectivity index (χ3v) is 17.0. The molecule has 8 heteroatoms. The van der Waals surface area contributed by atoms with Gasteiger partial charge in [0.05, 0.1) is 86.4 Å². The molecule has 90 heavy (non-hydrogen) atoms. The minimum Gasteiger partial charge on any atom is -0.319 e. The van der Waals surface area contributed by atoms with Crippen molar-refractivity contribution in [2.24, 2.45) is 0 Å². The molecule has 0 unspecified atom stereocenters. The fourth-order valence-electron chi connectivity index (χ4n) is 12.7.